The fraction of sp³-hybridized carbons (Fsp3) is 0.429. The molecule has 1 aromatic rings. The van der Waals surface area contributed by atoms with Crippen LogP contribution in [0.2, 0.25) is 5.02 Å². The van der Waals surface area contributed by atoms with Crippen molar-refractivity contribution < 1.29 is 9.15 Å². The molecular weight excluding hydrogens is 152 g/mol. The number of halogens is 1. The number of furan rings is 1. The van der Waals surface area contributed by atoms with Crippen molar-refractivity contribution in [1.29, 1.82) is 0 Å². The summed E-state index contributed by atoms with van der Waals surface area (Å²) >= 11 is 5.67. The Balaban J connectivity index is 2.65. The van der Waals surface area contributed by atoms with Gasteiger partial charge >= 0.3 is 5.95 Å². The third-order valence-electron chi connectivity index (χ3n) is 0.927. The Morgan fingerprint density at radius 1 is 1.60 bits per heavy atom. The molecule has 3 heteroatoms. The zero-order chi connectivity index (χ0) is 7.56. The van der Waals surface area contributed by atoms with Crippen LogP contribution in [0.15, 0.2) is 16.7 Å². The summed E-state index contributed by atoms with van der Waals surface area (Å²) in [7, 11) is 0. The monoisotopic (exact) mass is 160 g/mol. The van der Waals surface area contributed by atoms with E-state index in [0.717, 1.165) is 0 Å². The number of hydrogen-bond acceptors (Lipinski definition) is 2. The Bertz CT molecular complexity index is 205. The minimum atomic E-state index is 0.101. The van der Waals surface area contributed by atoms with Crippen LogP contribution in [0.25, 0.3) is 0 Å². The average Bonchev–Trinajstić information content (AvgIpc) is 2.15. The minimum Gasteiger partial charge on any atom is -0.461 e. The molecule has 0 radical (unpaired) electrons. The van der Waals surface area contributed by atoms with Crippen LogP contribution in [0.1, 0.15) is 13.8 Å². The largest absolute Gasteiger partial charge is 0.461 e. The van der Waals surface area contributed by atoms with Crippen LogP contribution in [0.3, 0.4) is 0 Å². The van der Waals surface area contributed by atoms with Crippen LogP contribution in [-0.4, -0.2) is 6.10 Å². The maximum Gasteiger partial charge on any atom is 0.304 e. The Morgan fingerprint density at radius 3 is 2.70 bits per heavy atom. The quantitative estimate of drug-likeness (QED) is 0.664. The summed E-state index contributed by atoms with van der Waals surface area (Å²) in [6.07, 6.45) is 1.60. The maximum atomic E-state index is 5.67. The average molecular weight is 161 g/mol. The molecule has 2 nitrogen and oxygen atoms in total. The molecule has 1 aromatic heterocycles. The van der Waals surface area contributed by atoms with Gasteiger partial charge in [0.25, 0.3) is 0 Å². The molecule has 0 unspecified atom stereocenters. The van der Waals surface area contributed by atoms with E-state index < -0.39 is 0 Å². The SMILES string of the molecule is CC(C)Oc1occc1Cl. The highest BCUT2D eigenvalue weighted by Gasteiger charge is 2.05. The van der Waals surface area contributed by atoms with E-state index in [2.05, 4.69) is 0 Å². The lowest BCUT2D eigenvalue weighted by Gasteiger charge is -2.04. The van der Waals surface area contributed by atoms with Gasteiger partial charge in [-0.3, -0.25) is 0 Å². The molecule has 0 aliphatic rings. The first kappa shape index (κ1) is 7.48. The van der Waals surface area contributed by atoms with E-state index in [-0.39, 0.29) is 6.10 Å². The van der Waals surface area contributed by atoms with Gasteiger partial charge in [0.1, 0.15) is 5.02 Å². The third-order valence-corrected chi connectivity index (χ3v) is 1.21. The van der Waals surface area contributed by atoms with Crippen molar-refractivity contribution in [3.63, 3.8) is 0 Å². The Kier molecular flexibility index (Phi) is 2.22. The molecule has 0 saturated heterocycles. The lowest BCUT2D eigenvalue weighted by molar-refractivity contribution is 0.186. The van der Waals surface area contributed by atoms with Gasteiger partial charge in [-0.1, -0.05) is 11.6 Å². The first-order valence-corrected chi connectivity index (χ1v) is 3.47. The van der Waals surface area contributed by atoms with Gasteiger partial charge in [0.05, 0.1) is 12.4 Å². The van der Waals surface area contributed by atoms with Crippen LogP contribution in [-0.2, 0) is 0 Å². The normalized spacial score (nSPS) is 10.4. The van der Waals surface area contributed by atoms with E-state index in [1.165, 1.54) is 6.26 Å². The second-order valence-electron chi connectivity index (χ2n) is 2.22. The molecule has 0 aromatic carbocycles. The molecule has 0 atom stereocenters. The first-order chi connectivity index (χ1) is 4.70. The van der Waals surface area contributed by atoms with Crippen molar-refractivity contribution in [3.8, 4) is 5.95 Å². The fourth-order valence-electron chi connectivity index (χ4n) is 0.578. The van der Waals surface area contributed by atoms with Crippen molar-refractivity contribution >= 4 is 11.6 Å². The zero-order valence-corrected chi connectivity index (χ0v) is 6.68. The smallest absolute Gasteiger partial charge is 0.304 e. The number of hydrogen-bond donors (Lipinski definition) is 0. The van der Waals surface area contributed by atoms with Crippen molar-refractivity contribution in [2.24, 2.45) is 0 Å². The summed E-state index contributed by atoms with van der Waals surface area (Å²) in [4.78, 5) is 0. The van der Waals surface area contributed by atoms with E-state index in [4.69, 9.17) is 20.8 Å². The summed E-state index contributed by atoms with van der Waals surface area (Å²) in [6.45, 7) is 3.83. The lowest BCUT2D eigenvalue weighted by Crippen LogP contribution is -2.04. The summed E-state index contributed by atoms with van der Waals surface area (Å²) in [6, 6.07) is 1.65. The van der Waals surface area contributed by atoms with Crippen LogP contribution in [0.4, 0.5) is 0 Å². The van der Waals surface area contributed by atoms with Crippen LogP contribution >= 0.6 is 11.6 Å². The molecule has 0 fully saturated rings. The molecule has 0 amide bonds. The summed E-state index contributed by atoms with van der Waals surface area (Å²) in [5, 5.41) is 0.522. The number of rotatable bonds is 2. The summed E-state index contributed by atoms with van der Waals surface area (Å²) in [5.41, 5.74) is 0. The molecule has 0 saturated carbocycles. The lowest BCUT2D eigenvalue weighted by atomic mass is 10.5. The predicted octanol–water partition coefficient (Wildman–Crippen LogP) is 2.72. The molecule has 56 valence electrons. The number of ether oxygens (including phenoxy) is 1. The van der Waals surface area contributed by atoms with Crippen molar-refractivity contribution in [2.45, 2.75) is 20.0 Å². The molecule has 1 rings (SSSR count). The van der Waals surface area contributed by atoms with Crippen molar-refractivity contribution in [3.05, 3.63) is 17.4 Å². The fourth-order valence-corrected chi connectivity index (χ4v) is 0.719. The molecule has 0 spiro atoms. The highest BCUT2D eigenvalue weighted by molar-refractivity contribution is 6.31. The Labute approximate surface area is 64.7 Å². The molecule has 0 aliphatic carbocycles. The zero-order valence-electron chi connectivity index (χ0n) is 5.93. The third kappa shape index (κ3) is 1.67. The molecule has 0 bridgehead atoms. The molecular formula is C7H9ClO2. The maximum absolute atomic E-state index is 5.67. The van der Waals surface area contributed by atoms with Crippen molar-refractivity contribution in [1.82, 2.24) is 0 Å². The molecule has 1 heterocycles. The van der Waals surface area contributed by atoms with Crippen LogP contribution in [0.5, 0.6) is 5.95 Å². The van der Waals surface area contributed by atoms with E-state index in [1.807, 2.05) is 13.8 Å². The standard InChI is InChI=1S/C7H9ClO2/c1-5(2)10-7-6(8)3-4-9-7/h3-5H,1-2H3. The highest BCUT2D eigenvalue weighted by Crippen LogP contribution is 2.25. The summed E-state index contributed by atoms with van der Waals surface area (Å²) < 4.78 is 10.1. The van der Waals surface area contributed by atoms with Gasteiger partial charge in [0.15, 0.2) is 0 Å². The van der Waals surface area contributed by atoms with E-state index in [9.17, 15) is 0 Å². The second kappa shape index (κ2) is 2.97. The minimum absolute atomic E-state index is 0.101. The van der Waals surface area contributed by atoms with Gasteiger partial charge in [0.2, 0.25) is 0 Å². The topological polar surface area (TPSA) is 22.4 Å². The van der Waals surface area contributed by atoms with Crippen LogP contribution < -0.4 is 4.74 Å². The molecule has 10 heavy (non-hydrogen) atoms. The van der Waals surface area contributed by atoms with Crippen molar-refractivity contribution in [2.75, 3.05) is 0 Å². The highest BCUT2D eigenvalue weighted by atomic mass is 35.5. The molecule has 0 aliphatic heterocycles. The summed E-state index contributed by atoms with van der Waals surface area (Å²) in [5.74, 6) is 0.400. The van der Waals surface area contributed by atoms with Gasteiger partial charge in [-0.2, -0.15) is 0 Å². The Morgan fingerprint density at radius 2 is 2.30 bits per heavy atom. The predicted molar refractivity (Wildman–Crippen MR) is 39.5 cm³/mol. The Hall–Kier alpha value is -0.630. The van der Waals surface area contributed by atoms with E-state index in [0.29, 0.717) is 11.0 Å². The molecule has 0 N–H and O–H groups in total. The van der Waals surface area contributed by atoms with E-state index in [1.54, 1.807) is 6.07 Å². The van der Waals surface area contributed by atoms with Gasteiger partial charge in [-0.25, -0.2) is 0 Å². The van der Waals surface area contributed by atoms with Gasteiger partial charge in [0, 0.05) is 0 Å². The van der Waals surface area contributed by atoms with Gasteiger partial charge in [-0.05, 0) is 19.9 Å². The van der Waals surface area contributed by atoms with Gasteiger partial charge < -0.3 is 9.15 Å². The second-order valence-corrected chi connectivity index (χ2v) is 2.63. The van der Waals surface area contributed by atoms with Gasteiger partial charge in [-0.15, -0.1) is 0 Å². The van der Waals surface area contributed by atoms with Crippen LogP contribution in [0, 0.1) is 0 Å². The van der Waals surface area contributed by atoms with E-state index >= 15 is 0 Å². The first-order valence-electron chi connectivity index (χ1n) is 3.10.